The Labute approximate surface area is 135 Å². The first-order chi connectivity index (χ1) is 11.3. The molecule has 1 aliphatic rings. The monoisotopic (exact) mass is 305 g/mol. The molecule has 3 aromatic rings. The zero-order valence-electron chi connectivity index (χ0n) is 13.3. The van der Waals surface area contributed by atoms with Gasteiger partial charge in [-0.1, -0.05) is 30.3 Å². The molecule has 23 heavy (non-hydrogen) atoms. The lowest BCUT2D eigenvalue weighted by molar-refractivity contribution is 0.415. The summed E-state index contributed by atoms with van der Waals surface area (Å²) >= 11 is 0. The third kappa shape index (κ3) is 2.36. The number of hydrogen-bond donors (Lipinski definition) is 1. The standard InChI is InChI=1S/C19H19N3O/c1-22-12-16(15-10-14(23-2)8-9-19(15)22)18-11-17(20-21-18)13-6-4-3-5-7-13/h3-10,12,18,21H,11H2,1-2H3. The lowest BCUT2D eigenvalue weighted by atomic mass is 9.99. The minimum atomic E-state index is 0.195. The maximum Gasteiger partial charge on any atom is 0.119 e. The highest BCUT2D eigenvalue weighted by Gasteiger charge is 2.24. The SMILES string of the molecule is COc1ccc2c(c1)c(C1CC(c3ccccc3)=NN1)cn2C. The Morgan fingerprint density at radius 3 is 2.78 bits per heavy atom. The lowest BCUT2D eigenvalue weighted by Crippen LogP contribution is -2.09. The van der Waals surface area contributed by atoms with Crippen molar-refractivity contribution in [3.63, 3.8) is 0 Å². The van der Waals surface area contributed by atoms with Crippen LogP contribution in [-0.2, 0) is 7.05 Å². The Morgan fingerprint density at radius 1 is 1.17 bits per heavy atom. The van der Waals surface area contributed by atoms with Gasteiger partial charge in [0.05, 0.1) is 18.9 Å². The van der Waals surface area contributed by atoms with E-state index in [1.165, 1.54) is 22.0 Å². The fourth-order valence-electron chi connectivity index (χ4n) is 3.24. The molecule has 4 rings (SSSR count). The second kappa shape index (κ2) is 5.47. The topological polar surface area (TPSA) is 38.5 Å². The van der Waals surface area contributed by atoms with E-state index in [1.54, 1.807) is 7.11 Å². The molecule has 0 spiro atoms. The van der Waals surface area contributed by atoms with Crippen LogP contribution in [0, 0.1) is 0 Å². The quantitative estimate of drug-likeness (QED) is 0.802. The van der Waals surface area contributed by atoms with E-state index >= 15 is 0 Å². The molecule has 0 bridgehead atoms. The van der Waals surface area contributed by atoms with Crippen molar-refractivity contribution in [3.8, 4) is 5.75 Å². The molecule has 1 aromatic heterocycles. The molecule has 0 amide bonds. The predicted octanol–water partition coefficient (Wildman–Crippen LogP) is 3.63. The van der Waals surface area contributed by atoms with Crippen LogP contribution >= 0.6 is 0 Å². The molecule has 2 heterocycles. The molecule has 0 fully saturated rings. The first-order valence-electron chi connectivity index (χ1n) is 7.77. The highest BCUT2D eigenvalue weighted by Crippen LogP contribution is 2.33. The average Bonchev–Trinajstić information content (AvgIpc) is 3.20. The number of fused-ring (bicyclic) bond motifs is 1. The minimum Gasteiger partial charge on any atom is -0.497 e. The predicted molar refractivity (Wildman–Crippen MR) is 92.9 cm³/mol. The summed E-state index contributed by atoms with van der Waals surface area (Å²) in [7, 11) is 3.78. The zero-order chi connectivity index (χ0) is 15.8. The number of hydrazone groups is 1. The average molecular weight is 305 g/mol. The molecule has 0 aliphatic carbocycles. The number of rotatable bonds is 3. The summed E-state index contributed by atoms with van der Waals surface area (Å²) in [5, 5.41) is 5.77. The van der Waals surface area contributed by atoms with Crippen molar-refractivity contribution in [2.45, 2.75) is 12.5 Å². The first-order valence-corrected chi connectivity index (χ1v) is 7.77. The van der Waals surface area contributed by atoms with Gasteiger partial charge in [-0.3, -0.25) is 0 Å². The van der Waals surface area contributed by atoms with E-state index in [-0.39, 0.29) is 6.04 Å². The number of aromatic nitrogens is 1. The molecule has 4 nitrogen and oxygen atoms in total. The zero-order valence-corrected chi connectivity index (χ0v) is 13.3. The molecule has 0 saturated heterocycles. The van der Waals surface area contributed by atoms with Gasteiger partial charge in [-0.15, -0.1) is 0 Å². The number of aryl methyl sites for hydroxylation is 1. The third-order valence-corrected chi connectivity index (χ3v) is 4.46. The molecule has 2 aromatic carbocycles. The summed E-state index contributed by atoms with van der Waals surface area (Å²) in [5.41, 5.74) is 8.05. The van der Waals surface area contributed by atoms with Gasteiger partial charge in [0.25, 0.3) is 0 Å². The molecule has 1 N–H and O–H groups in total. The molecular formula is C19H19N3O. The van der Waals surface area contributed by atoms with Gasteiger partial charge in [0.15, 0.2) is 0 Å². The second-order valence-electron chi connectivity index (χ2n) is 5.89. The van der Waals surface area contributed by atoms with Gasteiger partial charge in [-0.25, -0.2) is 0 Å². The molecule has 1 aliphatic heterocycles. The largest absolute Gasteiger partial charge is 0.497 e. The minimum absolute atomic E-state index is 0.195. The number of ether oxygens (including phenoxy) is 1. The maximum absolute atomic E-state index is 5.38. The fourth-order valence-corrected chi connectivity index (χ4v) is 3.24. The van der Waals surface area contributed by atoms with Gasteiger partial charge in [0.2, 0.25) is 0 Å². The van der Waals surface area contributed by atoms with Gasteiger partial charge in [-0.2, -0.15) is 5.10 Å². The smallest absolute Gasteiger partial charge is 0.119 e. The van der Waals surface area contributed by atoms with Crippen molar-refractivity contribution in [3.05, 3.63) is 65.9 Å². The van der Waals surface area contributed by atoms with Crippen LogP contribution < -0.4 is 10.2 Å². The summed E-state index contributed by atoms with van der Waals surface area (Å²) < 4.78 is 7.54. The Kier molecular flexibility index (Phi) is 3.30. The van der Waals surface area contributed by atoms with Crippen LogP contribution in [0.5, 0.6) is 5.75 Å². The Hall–Kier alpha value is -2.75. The molecule has 0 saturated carbocycles. The van der Waals surface area contributed by atoms with Crippen LogP contribution in [0.25, 0.3) is 10.9 Å². The highest BCUT2D eigenvalue weighted by molar-refractivity contribution is 6.02. The Balaban J connectivity index is 1.69. The van der Waals surface area contributed by atoms with Crippen LogP contribution in [0.3, 0.4) is 0 Å². The van der Waals surface area contributed by atoms with E-state index in [9.17, 15) is 0 Å². The van der Waals surface area contributed by atoms with Crippen LogP contribution in [0.15, 0.2) is 59.8 Å². The van der Waals surface area contributed by atoms with Crippen molar-refractivity contribution >= 4 is 16.6 Å². The van der Waals surface area contributed by atoms with Gasteiger partial charge < -0.3 is 14.7 Å². The van der Waals surface area contributed by atoms with Crippen LogP contribution in [-0.4, -0.2) is 17.4 Å². The lowest BCUT2D eigenvalue weighted by Gasteiger charge is -2.09. The van der Waals surface area contributed by atoms with E-state index in [2.05, 4.69) is 52.6 Å². The summed E-state index contributed by atoms with van der Waals surface area (Å²) in [6.45, 7) is 0. The summed E-state index contributed by atoms with van der Waals surface area (Å²) in [4.78, 5) is 0. The highest BCUT2D eigenvalue weighted by atomic mass is 16.5. The summed E-state index contributed by atoms with van der Waals surface area (Å²) in [6.07, 6.45) is 3.07. The molecule has 4 heteroatoms. The van der Waals surface area contributed by atoms with Gasteiger partial charge >= 0.3 is 0 Å². The summed E-state index contributed by atoms with van der Waals surface area (Å²) in [5.74, 6) is 0.882. The van der Waals surface area contributed by atoms with Crippen molar-refractivity contribution < 1.29 is 4.74 Å². The molecule has 116 valence electrons. The van der Waals surface area contributed by atoms with Crippen LogP contribution in [0.4, 0.5) is 0 Å². The van der Waals surface area contributed by atoms with E-state index in [0.29, 0.717) is 0 Å². The number of hydrogen-bond acceptors (Lipinski definition) is 3. The second-order valence-corrected chi connectivity index (χ2v) is 5.89. The first kappa shape index (κ1) is 13.9. The summed E-state index contributed by atoms with van der Waals surface area (Å²) in [6, 6.07) is 16.7. The maximum atomic E-state index is 5.38. The number of methoxy groups -OCH3 is 1. The van der Waals surface area contributed by atoms with Crippen molar-refractivity contribution in [1.29, 1.82) is 0 Å². The number of nitrogens with one attached hydrogen (secondary N) is 1. The number of nitrogens with zero attached hydrogens (tertiary/aromatic N) is 2. The molecule has 1 unspecified atom stereocenters. The third-order valence-electron chi connectivity index (χ3n) is 4.46. The molecular weight excluding hydrogens is 286 g/mol. The van der Waals surface area contributed by atoms with Crippen molar-refractivity contribution in [2.24, 2.45) is 12.1 Å². The van der Waals surface area contributed by atoms with Gasteiger partial charge in [-0.05, 0) is 23.8 Å². The van der Waals surface area contributed by atoms with Crippen LogP contribution in [0.2, 0.25) is 0 Å². The van der Waals surface area contributed by atoms with Crippen molar-refractivity contribution in [1.82, 2.24) is 9.99 Å². The normalized spacial score (nSPS) is 17.1. The Morgan fingerprint density at radius 2 is 2.00 bits per heavy atom. The van der Waals surface area contributed by atoms with Gasteiger partial charge in [0.1, 0.15) is 5.75 Å². The van der Waals surface area contributed by atoms with E-state index < -0.39 is 0 Å². The Bertz CT molecular complexity index is 880. The molecule has 0 radical (unpaired) electrons. The van der Waals surface area contributed by atoms with Gasteiger partial charge in [0, 0.05) is 36.1 Å². The van der Waals surface area contributed by atoms with E-state index in [1.807, 2.05) is 24.3 Å². The van der Waals surface area contributed by atoms with E-state index in [4.69, 9.17) is 4.74 Å². The fraction of sp³-hybridized carbons (Fsp3) is 0.211. The van der Waals surface area contributed by atoms with E-state index in [0.717, 1.165) is 17.9 Å². The number of benzene rings is 2. The molecule has 1 atom stereocenters. The van der Waals surface area contributed by atoms with Crippen molar-refractivity contribution in [2.75, 3.05) is 7.11 Å². The van der Waals surface area contributed by atoms with Crippen LogP contribution in [0.1, 0.15) is 23.6 Å².